The number of carboxylic acids is 1. The van der Waals surface area contributed by atoms with Gasteiger partial charge in [-0.05, 0) is 19.3 Å². The first-order valence-electron chi connectivity index (χ1n) is 6.14. The molecule has 0 amide bonds. The van der Waals surface area contributed by atoms with E-state index in [0.717, 1.165) is 18.1 Å². The van der Waals surface area contributed by atoms with Crippen LogP contribution in [0.15, 0.2) is 0 Å². The topological polar surface area (TPSA) is 55.1 Å². The highest BCUT2D eigenvalue weighted by Gasteiger charge is 2.32. The Labute approximate surface area is 105 Å². The van der Waals surface area contributed by atoms with E-state index in [1.165, 1.54) is 19.3 Å². The van der Waals surface area contributed by atoms with Gasteiger partial charge < -0.3 is 9.67 Å². The minimum absolute atomic E-state index is 0.300. The molecule has 17 heavy (non-hydrogen) atoms. The van der Waals surface area contributed by atoms with Crippen LogP contribution in [-0.2, 0) is 17.8 Å². The van der Waals surface area contributed by atoms with Crippen LogP contribution in [0.3, 0.4) is 0 Å². The average molecular weight is 255 g/mol. The summed E-state index contributed by atoms with van der Waals surface area (Å²) in [6, 6.07) is 0. The molecule has 2 aliphatic rings. The molecule has 4 nitrogen and oxygen atoms in total. The molecule has 1 aliphatic carbocycles. The van der Waals surface area contributed by atoms with Crippen LogP contribution in [-0.4, -0.2) is 20.6 Å². The van der Waals surface area contributed by atoms with Crippen molar-refractivity contribution in [2.75, 3.05) is 0 Å². The lowest BCUT2D eigenvalue weighted by Gasteiger charge is -2.28. The van der Waals surface area contributed by atoms with Crippen LogP contribution in [0.2, 0.25) is 5.15 Å². The van der Waals surface area contributed by atoms with Crippen LogP contribution in [0, 0.1) is 5.92 Å². The first-order chi connectivity index (χ1) is 8.16. The highest BCUT2D eigenvalue weighted by molar-refractivity contribution is 6.30. The van der Waals surface area contributed by atoms with Gasteiger partial charge in [-0.15, -0.1) is 0 Å². The average Bonchev–Trinajstić information content (AvgIpc) is 2.54. The van der Waals surface area contributed by atoms with Crippen LogP contribution >= 0.6 is 11.6 Å². The van der Waals surface area contributed by atoms with Crippen LogP contribution < -0.4 is 0 Å². The predicted molar refractivity (Wildman–Crippen MR) is 63.3 cm³/mol. The van der Waals surface area contributed by atoms with Crippen molar-refractivity contribution in [3.63, 3.8) is 0 Å². The summed E-state index contributed by atoms with van der Waals surface area (Å²) in [4.78, 5) is 15.5. The molecule has 3 rings (SSSR count). The highest BCUT2D eigenvalue weighted by Crippen LogP contribution is 2.39. The van der Waals surface area contributed by atoms with Gasteiger partial charge in [-0.2, -0.15) is 0 Å². The van der Waals surface area contributed by atoms with E-state index in [1.807, 2.05) is 0 Å². The number of hydrogen-bond donors (Lipinski definition) is 1. The maximum absolute atomic E-state index is 11.0. The predicted octanol–water partition coefficient (Wildman–Crippen LogP) is 2.45. The van der Waals surface area contributed by atoms with Gasteiger partial charge in [0.25, 0.3) is 0 Å². The molecule has 1 N–H and O–H groups in total. The molecule has 2 heterocycles. The minimum atomic E-state index is -0.723. The molecular weight excluding hydrogens is 240 g/mol. The van der Waals surface area contributed by atoms with Crippen molar-refractivity contribution in [2.24, 2.45) is 5.92 Å². The van der Waals surface area contributed by atoms with E-state index >= 15 is 0 Å². The summed E-state index contributed by atoms with van der Waals surface area (Å²) in [5, 5.41) is 9.57. The molecule has 1 saturated carbocycles. The SMILES string of the molecule is O=C(O)C1CCn2c(C3CCC3)nc(Cl)c2C1. The van der Waals surface area contributed by atoms with Crippen LogP contribution in [0.1, 0.15) is 43.1 Å². The number of halogens is 1. The number of carboxylic acid groups (broad SMARTS) is 1. The normalized spacial score (nSPS) is 24.2. The van der Waals surface area contributed by atoms with E-state index in [1.54, 1.807) is 0 Å². The van der Waals surface area contributed by atoms with Gasteiger partial charge in [0, 0.05) is 18.9 Å². The van der Waals surface area contributed by atoms with Gasteiger partial charge >= 0.3 is 5.97 Å². The van der Waals surface area contributed by atoms with Crippen molar-refractivity contribution in [1.82, 2.24) is 9.55 Å². The first kappa shape index (κ1) is 11.1. The van der Waals surface area contributed by atoms with Gasteiger partial charge in [-0.3, -0.25) is 4.79 Å². The number of rotatable bonds is 2. The van der Waals surface area contributed by atoms with Gasteiger partial charge in [0.05, 0.1) is 11.6 Å². The minimum Gasteiger partial charge on any atom is -0.481 e. The molecule has 0 saturated heterocycles. The quantitative estimate of drug-likeness (QED) is 0.882. The Morgan fingerprint density at radius 1 is 1.41 bits per heavy atom. The molecule has 1 atom stereocenters. The molecule has 0 aromatic carbocycles. The zero-order valence-electron chi connectivity index (χ0n) is 9.53. The summed E-state index contributed by atoms with van der Waals surface area (Å²) in [5.74, 6) is 0.604. The molecule has 1 fully saturated rings. The monoisotopic (exact) mass is 254 g/mol. The van der Waals surface area contributed by atoms with E-state index in [4.69, 9.17) is 16.7 Å². The Balaban J connectivity index is 1.92. The molecule has 1 aromatic rings. The standard InChI is InChI=1S/C12H15ClN2O2/c13-10-9-6-8(12(16)17)4-5-15(9)11(14-10)7-2-1-3-7/h7-8H,1-6H2,(H,16,17). The van der Waals surface area contributed by atoms with Gasteiger partial charge in [-0.1, -0.05) is 18.0 Å². The van der Waals surface area contributed by atoms with E-state index in [-0.39, 0.29) is 5.92 Å². The zero-order valence-corrected chi connectivity index (χ0v) is 10.3. The summed E-state index contributed by atoms with van der Waals surface area (Å²) < 4.78 is 2.16. The van der Waals surface area contributed by atoms with Crippen molar-refractivity contribution in [3.8, 4) is 0 Å². The molecule has 5 heteroatoms. The summed E-state index contributed by atoms with van der Waals surface area (Å²) in [7, 11) is 0. The van der Waals surface area contributed by atoms with Crippen molar-refractivity contribution in [1.29, 1.82) is 0 Å². The van der Waals surface area contributed by atoms with E-state index in [9.17, 15) is 4.79 Å². The number of hydrogen-bond acceptors (Lipinski definition) is 2. The summed E-state index contributed by atoms with van der Waals surface area (Å²) >= 11 is 6.13. The summed E-state index contributed by atoms with van der Waals surface area (Å²) in [5.41, 5.74) is 0.923. The number of aromatic nitrogens is 2. The van der Waals surface area contributed by atoms with Gasteiger partial charge in [-0.25, -0.2) is 4.98 Å². The van der Waals surface area contributed by atoms with Gasteiger partial charge in [0.1, 0.15) is 5.82 Å². The first-order valence-corrected chi connectivity index (χ1v) is 6.52. The number of fused-ring (bicyclic) bond motifs is 1. The largest absolute Gasteiger partial charge is 0.481 e. The van der Waals surface area contributed by atoms with Gasteiger partial charge in [0.15, 0.2) is 5.15 Å². The Kier molecular flexibility index (Phi) is 2.62. The Morgan fingerprint density at radius 2 is 2.18 bits per heavy atom. The Bertz CT molecular complexity index is 465. The lowest BCUT2D eigenvalue weighted by Crippen LogP contribution is -2.27. The van der Waals surface area contributed by atoms with Crippen LogP contribution in [0.25, 0.3) is 0 Å². The van der Waals surface area contributed by atoms with Crippen molar-refractivity contribution in [2.45, 2.75) is 44.6 Å². The highest BCUT2D eigenvalue weighted by atomic mass is 35.5. The Morgan fingerprint density at radius 3 is 2.76 bits per heavy atom. The smallest absolute Gasteiger partial charge is 0.306 e. The summed E-state index contributed by atoms with van der Waals surface area (Å²) in [6.45, 7) is 0.748. The number of carbonyl (C=O) groups is 1. The maximum atomic E-state index is 11.0. The molecule has 0 radical (unpaired) electrons. The third-order valence-corrected chi connectivity index (χ3v) is 4.32. The fraction of sp³-hybridized carbons (Fsp3) is 0.667. The fourth-order valence-corrected chi connectivity index (χ4v) is 2.99. The molecule has 1 aliphatic heterocycles. The van der Waals surface area contributed by atoms with Crippen LogP contribution in [0.5, 0.6) is 0 Å². The second-order valence-electron chi connectivity index (χ2n) is 5.01. The zero-order chi connectivity index (χ0) is 12.0. The third kappa shape index (κ3) is 1.75. The van der Waals surface area contributed by atoms with E-state index in [0.29, 0.717) is 23.9 Å². The molecule has 1 unspecified atom stereocenters. The molecular formula is C12H15ClN2O2. The lowest BCUT2D eigenvalue weighted by atomic mass is 9.84. The van der Waals surface area contributed by atoms with Crippen molar-refractivity contribution in [3.05, 3.63) is 16.7 Å². The maximum Gasteiger partial charge on any atom is 0.306 e. The molecule has 1 aromatic heterocycles. The second-order valence-corrected chi connectivity index (χ2v) is 5.37. The lowest BCUT2D eigenvalue weighted by molar-refractivity contribution is -0.142. The fourth-order valence-electron chi connectivity index (χ4n) is 2.73. The van der Waals surface area contributed by atoms with Crippen molar-refractivity contribution < 1.29 is 9.90 Å². The van der Waals surface area contributed by atoms with Crippen LogP contribution in [0.4, 0.5) is 0 Å². The molecule has 0 spiro atoms. The number of nitrogens with zero attached hydrogens (tertiary/aromatic N) is 2. The van der Waals surface area contributed by atoms with Crippen molar-refractivity contribution >= 4 is 17.6 Å². The third-order valence-electron chi connectivity index (χ3n) is 4.01. The summed E-state index contributed by atoms with van der Waals surface area (Å²) in [6.07, 6.45) is 4.86. The number of imidazole rings is 1. The number of aliphatic carboxylic acids is 1. The van der Waals surface area contributed by atoms with Gasteiger partial charge in [0.2, 0.25) is 0 Å². The second kappa shape index (κ2) is 4.02. The molecule has 0 bridgehead atoms. The Hall–Kier alpha value is -1.03. The molecule has 92 valence electrons. The van der Waals surface area contributed by atoms with E-state index in [2.05, 4.69) is 9.55 Å². The van der Waals surface area contributed by atoms with E-state index < -0.39 is 5.97 Å².